The van der Waals surface area contributed by atoms with E-state index in [1.165, 1.54) is 25.7 Å². The minimum absolute atomic E-state index is 0.905. The fourth-order valence-electron chi connectivity index (χ4n) is 2.87. The number of hydrogen-bond donors (Lipinski definition) is 0. The number of rotatable bonds is 2. The molecule has 1 aliphatic carbocycles. The standard InChI is InChI=1S/C12H24/c1-5-11-8-10(4)6-7-12(11)9(2)3/h9-12H,5-8H2,1-4H3/t10?,11-,12-/m0/s1. The summed E-state index contributed by atoms with van der Waals surface area (Å²) in [5, 5.41) is 0. The van der Waals surface area contributed by atoms with Crippen LogP contribution >= 0.6 is 0 Å². The second-order valence-electron chi connectivity index (χ2n) is 4.99. The van der Waals surface area contributed by atoms with Crippen LogP contribution in [0.3, 0.4) is 0 Å². The van der Waals surface area contributed by atoms with Crippen LogP contribution in [0, 0.1) is 23.7 Å². The van der Waals surface area contributed by atoms with Crippen molar-refractivity contribution in [2.24, 2.45) is 23.7 Å². The molecule has 0 heteroatoms. The molecule has 0 aromatic rings. The zero-order chi connectivity index (χ0) is 9.14. The van der Waals surface area contributed by atoms with Crippen molar-refractivity contribution in [1.82, 2.24) is 0 Å². The van der Waals surface area contributed by atoms with E-state index >= 15 is 0 Å². The molecule has 0 N–H and O–H groups in total. The topological polar surface area (TPSA) is 0 Å². The molecule has 72 valence electrons. The lowest BCUT2D eigenvalue weighted by molar-refractivity contribution is 0.140. The van der Waals surface area contributed by atoms with Crippen molar-refractivity contribution in [2.45, 2.75) is 53.4 Å². The fourth-order valence-corrected chi connectivity index (χ4v) is 2.87. The molecule has 0 aromatic heterocycles. The van der Waals surface area contributed by atoms with Gasteiger partial charge in [0.2, 0.25) is 0 Å². The minimum Gasteiger partial charge on any atom is -0.0651 e. The van der Waals surface area contributed by atoms with Gasteiger partial charge in [-0.3, -0.25) is 0 Å². The predicted molar refractivity (Wildman–Crippen MR) is 55.1 cm³/mol. The van der Waals surface area contributed by atoms with Gasteiger partial charge in [-0.2, -0.15) is 0 Å². The van der Waals surface area contributed by atoms with Crippen molar-refractivity contribution in [3.05, 3.63) is 0 Å². The zero-order valence-corrected chi connectivity index (χ0v) is 9.14. The Hall–Kier alpha value is 0. The fraction of sp³-hybridized carbons (Fsp3) is 1.00. The van der Waals surface area contributed by atoms with E-state index in [-0.39, 0.29) is 0 Å². The van der Waals surface area contributed by atoms with Gasteiger partial charge in [-0.05, 0) is 36.5 Å². The lowest BCUT2D eigenvalue weighted by Gasteiger charge is -2.36. The molecule has 0 saturated heterocycles. The summed E-state index contributed by atoms with van der Waals surface area (Å²) >= 11 is 0. The minimum atomic E-state index is 0.905. The van der Waals surface area contributed by atoms with E-state index in [4.69, 9.17) is 0 Å². The molecule has 1 aliphatic rings. The van der Waals surface area contributed by atoms with Crippen LogP contribution in [0.15, 0.2) is 0 Å². The molecule has 1 saturated carbocycles. The zero-order valence-electron chi connectivity index (χ0n) is 9.14. The average molecular weight is 168 g/mol. The maximum atomic E-state index is 2.42. The van der Waals surface area contributed by atoms with Crippen molar-refractivity contribution in [3.63, 3.8) is 0 Å². The Bertz CT molecular complexity index is 126. The maximum Gasteiger partial charge on any atom is -0.0363 e. The van der Waals surface area contributed by atoms with Crippen LogP contribution in [0.4, 0.5) is 0 Å². The average Bonchev–Trinajstić information content (AvgIpc) is 2.03. The Labute approximate surface area is 77.7 Å². The summed E-state index contributed by atoms with van der Waals surface area (Å²) in [6.07, 6.45) is 5.84. The molecule has 0 radical (unpaired) electrons. The first-order chi connectivity index (χ1) is 5.65. The van der Waals surface area contributed by atoms with E-state index in [0.29, 0.717) is 0 Å². The highest BCUT2D eigenvalue weighted by Crippen LogP contribution is 2.39. The van der Waals surface area contributed by atoms with Crippen LogP contribution < -0.4 is 0 Å². The molecule has 0 nitrogen and oxygen atoms in total. The van der Waals surface area contributed by atoms with Gasteiger partial charge in [0.15, 0.2) is 0 Å². The molecule has 0 bridgehead atoms. The molecule has 0 spiro atoms. The second kappa shape index (κ2) is 4.30. The monoisotopic (exact) mass is 168 g/mol. The van der Waals surface area contributed by atoms with Crippen LogP contribution in [-0.4, -0.2) is 0 Å². The first kappa shape index (κ1) is 10.1. The van der Waals surface area contributed by atoms with E-state index in [1.807, 2.05) is 0 Å². The van der Waals surface area contributed by atoms with Gasteiger partial charge >= 0.3 is 0 Å². The Kier molecular flexibility index (Phi) is 3.61. The third-order valence-electron chi connectivity index (χ3n) is 3.68. The quantitative estimate of drug-likeness (QED) is 0.582. The molecule has 1 rings (SSSR count). The van der Waals surface area contributed by atoms with E-state index in [1.54, 1.807) is 0 Å². The first-order valence-electron chi connectivity index (χ1n) is 5.65. The van der Waals surface area contributed by atoms with E-state index < -0.39 is 0 Å². The lowest BCUT2D eigenvalue weighted by Crippen LogP contribution is -2.26. The molecule has 0 heterocycles. The van der Waals surface area contributed by atoms with Crippen LogP contribution in [0.25, 0.3) is 0 Å². The summed E-state index contributed by atoms with van der Waals surface area (Å²) in [6.45, 7) is 9.56. The summed E-state index contributed by atoms with van der Waals surface area (Å²) in [7, 11) is 0. The van der Waals surface area contributed by atoms with E-state index in [2.05, 4.69) is 27.7 Å². The smallest absolute Gasteiger partial charge is 0.0363 e. The summed E-state index contributed by atoms with van der Waals surface area (Å²) in [6, 6.07) is 0. The summed E-state index contributed by atoms with van der Waals surface area (Å²) in [4.78, 5) is 0. The summed E-state index contributed by atoms with van der Waals surface area (Å²) in [5.74, 6) is 3.94. The normalized spacial score (nSPS) is 37.2. The summed E-state index contributed by atoms with van der Waals surface area (Å²) < 4.78 is 0. The Balaban J connectivity index is 2.50. The van der Waals surface area contributed by atoms with Gasteiger partial charge in [-0.25, -0.2) is 0 Å². The third-order valence-corrected chi connectivity index (χ3v) is 3.68. The molecule has 0 aromatic carbocycles. The number of hydrogen-bond acceptors (Lipinski definition) is 0. The van der Waals surface area contributed by atoms with Gasteiger partial charge in [0, 0.05) is 0 Å². The Morgan fingerprint density at radius 2 is 1.92 bits per heavy atom. The molecule has 0 amide bonds. The van der Waals surface area contributed by atoms with Crippen LogP contribution in [0.5, 0.6) is 0 Å². The molecule has 1 unspecified atom stereocenters. The molecular weight excluding hydrogens is 144 g/mol. The van der Waals surface area contributed by atoms with Gasteiger partial charge in [0.05, 0.1) is 0 Å². The predicted octanol–water partition coefficient (Wildman–Crippen LogP) is 4.10. The van der Waals surface area contributed by atoms with Crippen molar-refractivity contribution >= 4 is 0 Å². The van der Waals surface area contributed by atoms with Crippen LogP contribution in [-0.2, 0) is 0 Å². The van der Waals surface area contributed by atoms with Crippen molar-refractivity contribution in [2.75, 3.05) is 0 Å². The maximum absolute atomic E-state index is 2.42. The highest BCUT2D eigenvalue weighted by Gasteiger charge is 2.28. The Morgan fingerprint density at radius 3 is 2.42 bits per heavy atom. The van der Waals surface area contributed by atoms with Gasteiger partial charge in [0.1, 0.15) is 0 Å². The van der Waals surface area contributed by atoms with Gasteiger partial charge < -0.3 is 0 Å². The third kappa shape index (κ3) is 2.24. The molecular formula is C12H24. The summed E-state index contributed by atoms with van der Waals surface area (Å²) in [5.41, 5.74) is 0. The molecule has 1 fully saturated rings. The van der Waals surface area contributed by atoms with Gasteiger partial charge in [-0.1, -0.05) is 40.5 Å². The van der Waals surface area contributed by atoms with Crippen molar-refractivity contribution in [3.8, 4) is 0 Å². The van der Waals surface area contributed by atoms with Gasteiger partial charge in [-0.15, -0.1) is 0 Å². The largest absolute Gasteiger partial charge is 0.0651 e. The second-order valence-corrected chi connectivity index (χ2v) is 4.99. The highest BCUT2D eigenvalue weighted by molar-refractivity contribution is 4.79. The Morgan fingerprint density at radius 1 is 1.25 bits per heavy atom. The van der Waals surface area contributed by atoms with Crippen LogP contribution in [0.2, 0.25) is 0 Å². The molecule has 3 atom stereocenters. The lowest BCUT2D eigenvalue weighted by atomic mass is 9.69. The van der Waals surface area contributed by atoms with E-state index in [9.17, 15) is 0 Å². The van der Waals surface area contributed by atoms with Gasteiger partial charge in [0.25, 0.3) is 0 Å². The molecule has 0 aliphatic heterocycles. The first-order valence-corrected chi connectivity index (χ1v) is 5.65. The van der Waals surface area contributed by atoms with E-state index in [0.717, 1.165) is 23.7 Å². The highest BCUT2D eigenvalue weighted by atomic mass is 14.3. The van der Waals surface area contributed by atoms with Crippen LogP contribution in [0.1, 0.15) is 53.4 Å². The van der Waals surface area contributed by atoms with Crippen molar-refractivity contribution in [1.29, 1.82) is 0 Å². The van der Waals surface area contributed by atoms with Crippen molar-refractivity contribution < 1.29 is 0 Å². The SMILES string of the molecule is CC[C@H]1CC(C)CC[C@H]1C(C)C. The molecule has 12 heavy (non-hydrogen) atoms.